The van der Waals surface area contributed by atoms with Crippen molar-refractivity contribution < 1.29 is 9.53 Å². The summed E-state index contributed by atoms with van der Waals surface area (Å²) in [4.78, 5) is 11.3. The third-order valence-electron chi connectivity index (χ3n) is 3.84. The lowest BCUT2D eigenvalue weighted by molar-refractivity contribution is 0.0896. The first-order valence-corrected chi connectivity index (χ1v) is 5.82. The predicted molar refractivity (Wildman–Crippen MR) is 64.2 cm³/mol. The third kappa shape index (κ3) is 1.53. The lowest BCUT2D eigenvalue weighted by Crippen LogP contribution is -2.31. The highest BCUT2D eigenvalue weighted by atomic mass is 16.5. The van der Waals surface area contributed by atoms with Crippen LogP contribution in [0.2, 0.25) is 0 Å². The summed E-state index contributed by atoms with van der Waals surface area (Å²) in [7, 11) is 0. The average molecular weight is 218 g/mol. The first-order chi connectivity index (χ1) is 7.48. The Morgan fingerprint density at radius 2 is 2.19 bits per heavy atom. The molecular weight excluding hydrogens is 200 g/mol. The monoisotopic (exact) mass is 218 g/mol. The van der Waals surface area contributed by atoms with Crippen LogP contribution in [0.4, 0.5) is 0 Å². The van der Waals surface area contributed by atoms with Crippen molar-refractivity contribution >= 4 is 5.78 Å². The van der Waals surface area contributed by atoms with Crippen LogP contribution in [0.15, 0.2) is 18.2 Å². The first kappa shape index (κ1) is 11.2. The van der Waals surface area contributed by atoms with Gasteiger partial charge in [-0.15, -0.1) is 0 Å². The molecule has 0 saturated heterocycles. The first-order valence-electron chi connectivity index (χ1n) is 5.82. The van der Waals surface area contributed by atoms with Crippen molar-refractivity contribution in [1.29, 1.82) is 0 Å². The lowest BCUT2D eigenvalue weighted by atomic mass is 9.85. The molecule has 1 heterocycles. The van der Waals surface area contributed by atoms with Gasteiger partial charge in [-0.3, -0.25) is 4.79 Å². The normalized spacial score (nSPS) is 27.4. The second-order valence-electron chi connectivity index (χ2n) is 4.80. The minimum Gasteiger partial charge on any atom is -0.487 e. The van der Waals surface area contributed by atoms with Crippen molar-refractivity contribution in [3.63, 3.8) is 0 Å². The van der Waals surface area contributed by atoms with Gasteiger partial charge in [0.05, 0.1) is 0 Å². The van der Waals surface area contributed by atoms with E-state index in [1.807, 2.05) is 18.2 Å². The van der Waals surface area contributed by atoms with Gasteiger partial charge in [-0.05, 0) is 38.5 Å². The number of benzene rings is 1. The molecule has 1 aliphatic rings. The summed E-state index contributed by atoms with van der Waals surface area (Å²) in [5.74, 6) is 1.38. The molecule has 0 spiro atoms. The van der Waals surface area contributed by atoms with Crippen molar-refractivity contribution in [2.24, 2.45) is 0 Å². The summed E-state index contributed by atoms with van der Waals surface area (Å²) in [5, 5.41) is 0. The Bertz CT molecular complexity index is 436. The molecule has 0 fully saturated rings. The molecular formula is C14H18O2. The second-order valence-corrected chi connectivity index (χ2v) is 4.80. The molecule has 1 aromatic rings. The second kappa shape index (κ2) is 3.62. The van der Waals surface area contributed by atoms with Crippen molar-refractivity contribution in [1.82, 2.24) is 0 Å². The Morgan fingerprint density at radius 3 is 2.75 bits per heavy atom. The maximum atomic E-state index is 11.3. The van der Waals surface area contributed by atoms with E-state index in [0.717, 1.165) is 23.3 Å². The van der Waals surface area contributed by atoms with Gasteiger partial charge in [-0.25, -0.2) is 0 Å². The number of fused-ring (bicyclic) bond motifs is 1. The van der Waals surface area contributed by atoms with Crippen molar-refractivity contribution in [3.8, 4) is 5.75 Å². The van der Waals surface area contributed by atoms with Crippen LogP contribution < -0.4 is 4.74 Å². The van der Waals surface area contributed by atoms with Crippen LogP contribution in [0, 0.1) is 0 Å². The van der Waals surface area contributed by atoms with E-state index in [4.69, 9.17) is 4.74 Å². The zero-order valence-corrected chi connectivity index (χ0v) is 10.3. The van der Waals surface area contributed by atoms with Crippen LogP contribution in [0.25, 0.3) is 0 Å². The number of hydrogen-bond acceptors (Lipinski definition) is 2. The molecule has 2 rings (SSSR count). The molecule has 1 aliphatic heterocycles. The van der Waals surface area contributed by atoms with Crippen LogP contribution in [-0.4, -0.2) is 11.4 Å². The number of rotatable bonds is 2. The predicted octanol–water partition coefficient (Wildman–Crippen LogP) is 3.55. The Morgan fingerprint density at radius 1 is 1.50 bits per heavy atom. The SMILES string of the molecule is CCC1(C)Oc2ccc(C(C)=O)cc2C1C. The topological polar surface area (TPSA) is 26.3 Å². The van der Waals surface area contributed by atoms with Gasteiger partial charge in [0.15, 0.2) is 5.78 Å². The minimum absolute atomic E-state index is 0.111. The van der Waals surface area contributed by atoms with E-state index in [1.165, 1.54) is 0 Å². The number of hydrogen-bond donors (Lipinski definition) is 0. The molecule has 16 heavy (non-hydrogen) atoms. The standard InChI is InChI=1S/C14H18O2/c1-5-14(4)9(2)12-8-11(10(3)15)6-7-13(12)16-14/h6-9H,5H2,1-4H3. The van der Waals surface area contributed by atoms with Gasteiger partial charge in [-0.1, -0.05) is 13.8 Å². The van der Waals surface area contributed by atoms with Gasteiger partial charge in [0.1, 0.15) is 11.4 Å². The number of ether oxygens (including phenoxy) is 1. The fraction of sp³-hybridized carbons (Fsp3) is 0.500. The number of carbonyl (C=O) groups is 1. The Labute approximate surface area is 96.6 Å². The van der Waals surface area contributed by atoms with Crippen LogP contribution in [0.3, 0.4) is 0 Å². The summed E-state index contributed by atoms with van der Waals surface area (Å²) >= 11 is 0. The highest BCUT2D eigenvalue weighted by molar-refractivity contribution is 5.94. The average Bonchev–Trinajstić information content (AvgIpc) is 2.52. The van der Waals surface area contributed by atoms with Crippen molar-refractivity contribution in [3.05, 3.63) is 29.3 Å². The molecule has 2 heteroatoms. The zero-order chi connectivity index (χ0) is 11.9. The van der Waals surface area contributed by atoms with E-state index in [0.29, 0.717) is 5.92 Å². The van der Waals surface area contributed by atoms with Crippen LogP contribution in [0.1, 0.15) is 56.0 Å². The largest absolute Gasteiger partial charge is 0.487 e. The molecule has 86 valence electrons. The molecule has 0 aromatic heterocycles. The smallest absolute Gasteiger partial charge is 0.159 e. The van der Waals surface area contributed by atoms with Gasteiger partial charge in [-0.2, -0.15) is 0 Å². The fourth-order valence-corrected chi connectivity index (χ4v) is 2.25. The van der Waals surface area contributed by atoms with E-state index >= 15 is 0 Å². The summed E-state index contributed by atoms with van der Waals surface area (Å²) in [6.07, 6.45) is 0.970. The Balaban J connectivity index is 2.45. The van der Waals surface area contributed by atoms with Crippen molar-refractivity contribution in [2.45, 2.75) is 45.6 Å². The van der Waals surface area contributed by atoms with Crippen LogP contribution in [0.5, 0.6) is 5.75 Å². The maximum absolute atomic E-state index is 11.3. The van der Waals surface area contributed by atoms with E-state index in [-0.39, 0.29) is 11.4 Å². The summed E-state index contributed by atoms with van der Waals surface area (Å²) in [6.45, 7) is 8.03. The quantitative estimate of drug-likeness (QED) is 0.709. The van der Waals surface area contributed by atoms with Gasteiger partial charge >= 0.3 is 0 Å². The van der Waals surface area contributed by atoms with E-state index in [2.05, 4.69) is 20.8 Å². The number of ketones is 1. The molecule has 0 amide bonds. The number of carbonyl (C=O) groups excluding carboxylic acids is 1. The van der Waals surface area contributed by atoms with Gasteiger partial charge < -0.3 is 4.74 Å². The third-order valence-corrected chi connectivity index (χ3v) is 3.84. The summed E-state index contributed by atoms with van der Waals surface area (Å²) in [5.41, 5.74) is 1.81. The summed E-state index contributed by atoms with van der Waals surface area (Å²) in [6, 6.07) is 5.74. The molecule has 0 radical (unpaired) electrons. The lowest BCUT2D eigenvalue weighted by Gasteiger charge is -2.27. The molecule has 1 aromatic carbocycles. The number of Topliss-reactive ketones (excluding diaryl/α,β-unsaturated/α-hetero) is 1. The highest BCUT2D eigenvalue weighted by Gasteiger charge is 2.40. The van der Waals surface area contributed by atoms with Gasteiger partial charge in [0.25, 0.3) is 0 Å². The van der Waals surface area contributed by atoms with E-state index < -0.39 is 0 Å². The highest BCUT2D eigenvalue weighted by Crippen LogP contribution is 2.46. The molecule has 0 N–H and O–H groups in total. The zero-order valence-electron chi connectivity index (χ0n) is 10.3. The summed E-state index contributed by atoms with van der Waals surface area (Å²) < 4.78 is 5.98. The maximum Gasteiger partial charge on any atom is 0.159 e. The molecule has 0 bridgehead atoms. The molecule has 2 atom stereocenters. The Kier molecular flexibility index (Phi) is 2.53. The molecule has 2 unspecified atom stereocenters. The van der Waals surface area contributed by atoms with E-state index in [9.17, 15) is 4.79 Å². The van der Waals surface area contributed by atoms with Gasteiger partial charge in [0, 0.05) is 17.0 Å². The van der Waals surface area contributed by atoms with E-state index in [1.54, 1.807) is 6.92 Å². The van der Waals surface area contributed by atoms with Crippen LogP contribution >= 0.6 is 0 Å². The molecule has 0 aliphatic carbocycles. The molecule has 0 saturated carbocycles. The minimum atomic E-state index is -0.127. The molecule has 2 nitrogen and oxygen atoms in total. The Hall–Kier alpha value is -1.31. The fourth-order valence-electron chi connectivity index (χ4n) is 2.25. The van der Waals surface area contributed by atoms with Gasteiger partial charge in [0.2, 0.25) is 0 Å². The van der Waals surface area contributed by atoms with Crippen molar-refractivity contribution in [2.75, 3.05) is 0 Å². The van der Waals surface area contributed by atoms with Crippen LogP contribution in [-0.2, 0) is 0 Å².